The summed E-state index contributed by atoms with van der Waals surface area (Å²) in [6.45, 7) is 4.36. The fraction of sp³-hybridized carbons (Fsp3) is 0.381. The van der Waals surface area contributed by atoms with Gasteiger partial charge in [0.25, 0.3) is 0 Å². The quantitative estimate of drug-likeness (QED) is 0.722. The lowest BCUT2D eigenvalue weighted by atomic mass is 10.2. The average molecular weight is 448 g/mol. The minimum Gasteiger partial charge on any atom is -0.495 e. The Labute approximate surface area is 181 Å². The third kappa shape index (κ3) is 4.60. The van der Waals surface area contributed by atoms with E-state index in [-0.39, 0.29) is 17.6 Å². The first-order valence-corrected chi connectivity index (χ1v) is 11.4. The number of carbonyl (C=O) groups is 1. The van der Waals surface area contributed by atoms with Crippen LogP contribution in [0.1, 0.15) is 12.5 Å². The van der Waals surface area contributed by atoms with Crippen LogP contribution in [0.5, 0.6) is 17.2 Å². The van der Waals surface area contributed by atoms with E-state index in [0.717, 1.165) is 17.1 Å². The first kappa shape index (κ1) is 21.4. The number of nitrogens with one attached hydrogen (secondary N) is 1. The lowest BCUT2D eigenvalue weighted by Gasteiger charge is -2.34. The van der Waals surface area contributed by atoms with Gasteiger partial charge in [-0.25, -0.2) is 8.42 Å². The highest BCUT2D eigenvalue weighted by molar-refractivity contribution is 7.89. The molecule has 0 spiro atoms. The maximum atomic E-state index is 13.1. The lowest BCUT2D eigenvalue weighted by molar-refractivity contribution is -0.114. The topological polar surface area (TPSA) is 97.4 Å². The van der Waals surface area contributed by atoms with E-state index in [1.165, 1.54) is 30.5 Å². The van der Waals surface area contributed by atoms with Crippen molar-refractivity contribution in [2.75, 3.05) is 45.4 Å². The molecular formula is C21H25N3O6S. The number of benzene rings is 2. The van der Waals surface area contributed by atoms with E-state index in [1.54, 1.807) is 6.07 Å². The third-order valence-corrected chi connectivity index (χ3v) is 7.19. The van der Waals surface area contributed by atoms with Gasteiger partial charge in [0.2, 0.25) is 22.7 Å². The van der Waals surface area contributed by atoms with Gasteiger partial charge in [0.15, 0.2) is 11.5 Å². The van der Waals surface area contributed by atoms with Crippen molar-refractivity contribution in [3.05, 3.63) is 42.0 Å². The molecule has 9 nitrogen and oxygen atoms in total. The van der Waals surface area contributed by atoms with E-state index in [4.69, 9.17) is 14.2 Å². The Kier molecular flexibility index (Phi) is 6.03. The molecule has 0 unspecified atom stereocenters. The molecule has 2 aromatic carbocycles. The number of hydrogen-bond acceptors (Lipinski definition) is 7. The number of sulfonamides is 1. The van der Waals surface area contributed by atoms with Gasteiger partial charge in [-0.15, -0.1) is 0 Å². The number of fused-ring (bicyclic) bond motifs is 1. The van der Waals surface area contributed by atoms with E-state index in [1.807, 2.05) is 18.2 Å². The molecule has 0 atom stereocenters. The highest BCUT2D eigenvalue weighted by Gasteiger charge is 2.29. The number of carbonyl (C=O) groups excluding carboxylic acids is 1. The Hall–Kier alpha value is -2.82. The van der Waals surface area contributed by atoms with Crippen molar-refractivity contribution in [3.8, 4) is 17.2 Å². The van der Waals surface area contributed by atoms with E-state index in [0.29, 0.717) is 44.2 Å². The van der Waals surface area contributed by atoms with Gasteiger partial charge in [0.05, 0.1) is 17.7 Å². The van der Waals surface area contributed by atoms with Crippen molar-refractivity contribution < 1.29 is 27.4 Å². The molecule has 4 rings (SSSR count). The number of amides is 1. The van der Waals surface area contributed by atoms with Gasteiger partial charge < -0.3 is 19.5 Å². The van der Waals surface area contributed by atoms with E-state index in [2.05, 4.69) is 10.2 Å². The first-order valence-electron chi connectivity index (χ1n) is 9.93. The summed E-state index contributed by atoms with van der Waals surface area (Å²) in [4.78, 5) is 13.7. The SMILES string of the molecule is COc1cc(S(=O)(=O)N2CCN(Cc3ccc4c(c3)OCO4)CC2)ccc1NC(C)=O. The zero-order chi connectivity index (χ0) is 22.0. The molecule has 1 fully saturated rings. The second kappa shape index (κ2) is 8.74. The van der Waals surface area contributed by atoms with Gasteiger partial charge in [0, 0.05) is 45.7 Å². The lowest BCUT2D eigenvalue weighted by Crippen LogP contribution is -2.48. The minimum atomic E-state index is -3.67. The van der Waals surface area contributed by atoms with Crippen LogP contribution in [0.3, 0.4) is 0 Å². The predicted octanol–water partition coefficient (Wildman–Crippen LogP) is 1.89. The summed E-state index contributed by atoms with van der Waals surface area (Å²) in [6.07, 6.45) is 0. The van der Waals surface area contributed by atoms with Gasteiger partial charge in [0.1, 0.15) is 5.75 Å². The largest absolute Gasteiger partial charge is 0.495 e. The molecule has 10 heteroatoms. The monoisotopic (exact) mass is 447 g/mol. The molecule has 166 valence electrons. The Balaban J connectivity index is 1.41. The van der Waals surface area contributed by atoms with Crippen LogP contribution in [-0.4, -0.2) is 63.6 Å². The second-order valence-corrected chi connectivity index (χ2v) is 9.35. The van der Waals surface area contributed by atoms with Crippen LogP contribution < -0.4 is 19.5 Å². The van der Waals surface area contributed by atoms with Crippen molar-refractivity contribution in [1.82, 2.24) is 9.21 Å². The van der Waals surface area contributed by atoms with Gasteiger partial charge in [-0.05, 0) is 29.8 Å². The van der Waals surface area contributed by atoms with E-state index in [9.17, 15) is 13.2 Å². The smallest absolute Gasteiger partial charge is 0.243 e. The first-order chi connectivity index (χ1) is 14.9. The number of anilines is 1. The number of nitrogens with zero attached hydrogens (tertiary/aromatic N) is 2. The molecule has 0 bridgehead atoms. The molecule has 2 heterocycles. The zero-order valence-electron chi connectivity index (χ0n) is 17.5. The molecule has 1 N–H and O–H groups in total. The molecule has 0 aliphatic carbocycles. The minimum absolute atomic E-state index is 0.141. The van der Waals surface area contributed by atoms with Crippen LogP contribution in [0, 0.1) is 0 Å². The summed E-state index contributed by atoms with van der Waals surface area (Å²) in [7, 11) is -2.23. The van der Waals surface area contributed by atoms with Crippen LogP contribution in [0.2, 0.25) is 0 Å². The highest BCUT2D eigenvalue weighted by Crippen LogP contribution is 2.33. The number of hydrogen-bond donors (Lipinski definition) is 1. The Morgan fingerprint density at radius 1 is 1.06 bits per heavy atom. The molecule has 0 saturated carbocycles. The Morgan fingerprint density at radius 3 is 2.52 bits per heavy atom. The number of rotatable bonds is 6. The van der Waals surface area contributed by atoms with Gasteiger partial charge in [-0.2, -0.15) is 4.31 Å². The molecule has 31 heavy (non-hydrogen) atoms. The Morgan fingerprint density at radius 2 is 1.81 bits per heavy atom. The molecule has 0 radical (unpaired) electrons. The van der Waals surface area contributed by atoms with Crippen molar-refractivity contribution >= 4 is 21.6 Å². The summed E-state index contributed by atoms with van der Waals surface area (Å²) >= 11 is 0. The molecule has 1 amide bonds. The molecule has 2 aliphatic rings. The summed E-state index contributed by atoms with van der Waals surface area (Å²) in [5.41, 5.74) is 1.53. The van der Waals surface area contributed by atoms with Gasteiger partial charge in [-0.3, -0.25) is 9.69 Å². The molecule has 0 aromatic heterocycles. The summed E-state index contributed by atoms with van der Waals surface area (Å²) < 4.78 is 43.7. The molecule has 1 saturated heterocycles. The van der Waals surface area contributed by atoms with E-state index >= 15 is 0 Å². The zero-order valence-corrected chi connectivity index (χ0v) is 18.3. The van der Waals surface area contributed by atoms with Crippen molar-refractivity contribution in [3.63, 3.8) is 0 Å². The molecular weight excluding hydrogens is 422 g/mol. The average Bonchev–Trinajstić information content (AvgIpc) is 3.22. The fourth-order valence-electron chi connectivity index (χ4n) is 3.70. The van der Waals surface area contributed by atoms with Crippen LogP contribution in [0.25, 0.3) is 0 Å². The summed E-state index contributed by atoms with van der Waals surface area (Å²) in [6, 6.07) is 10.3. The number of piperazine rings is 1. The number of methoxy groups -OCH3 is 1. The second-order valence-electron chi connectivity index (χ2n) is 7.41. The van der Waals surface area contributed by atoms with Crippen LogP contribution in [-0.2, 0) is 21.4 Å². The van der Waals surface area contributed by atoms with Crippen molar-refractivity contribution in [1.29, 1.82) is 0 Å². The van der Waals surface area contributed by atoms with Crippen LogP contribution in [0.15, 0.2) is 41.3 Å². The highest BCUT2D eigenvalue weighted by atomic mass is 32.2. The maximum Gasteiger partial charge on any atom is 0.243 e. The summed E-state index contributed by atoms with van der Waals surface area (Å²) in [5, 5.41) is 2.63. The normalized spacial score (nSPS) is 16.8. The van der Waals surface area contributed by atoms with E-state index < -0.39 is 10.0 Å². The fourth-order valence-corrected chi connectivity index (χ4v) is 5.14. The molecule has 2 aliphatic heterocycles. The third-order valence-electron chi connectivity index (χ3n) is 5.30. The number of ether oxygens (including phenoxy) is 3. The van der Waals surface area contributed by atoms with Crippen molar-refractivity contribution in [2.24, 2.45) is 0 Å². The van der Waals surface area contributed by atoms with Gasteiger partial charge in [-0.1, -0.05) is 6.07 Å². The molecule has 2 aromatic rings. The standard InChI is InChI=1S/C21H25N3O6S/c1-15(25)22-18-5-4-17(12-20(18)28-2)31(26,27)24-9-7-23(8-10-24)13-16-3-6-19-21(11-16)30-14-29-19/h3-6,11-12H,7-10,13-14H2,1-2H3,(H,22,25). The van der Waals surface area contributed by atoms with Crippen LogP contribution >= 0.6 is 0 Å². The Bertz CT molecular complexity index is 1080. The summed E-state index contributed by atoms with van der Waals surface area (Å²) in [5.74, 6) is 1.54. The van der Waals surface area contributed by atoms with Gasteiger partial charge >= 0.3 is 0 Å². The predicted molar refractivity (Wildman–Crippen MR) is 114 cm³/mol. The maximum absolute atomic E-state index is 13.1. The van der Waals surface area contributed by atoms with Crippen molar-refractivity contribution in [2.45, 2.75) is 18.4 Å². The van der Waals surface area contributed by atoms with Crippen LogP contribution in [0.4, 0.5) is 5.69 Å².